The maximum Gasteiger partial charge on any atom is 0.214 e. The Hall–Kier alpha value is -0.420. The minimum absolute atomic E-state index is 0.000464. The van der Waals surface area contributed by atoms with E-state index in [2.05, 4.69) is 0 Å². The lowest BCUT2D eigenvalue weighted by atomic mass is 9.94. The summed E-state index contributed by atoms with van der Waals surface area (Å²) in [5.74, 6) is 0.140. The van der Waals surface area contributed by atoms with Crippen LogP contribution in [0.1, 0.15) is 46.5 Å². The van der Waals surface area contributed by atoms with Gasteiger partial charge in [-0.1, -0.05) is 27.2 Å². The SMILES string of the molecule is CC(C)(C)CCS(=O)(=O)N1CCCCC1C=O. The summed E-state index contributed by atoms with van der Waals surface area (Å²) in [6.45, 7) is 6.57. The van der Waals surface area contributed by atoms with Crippen LogP contribution in [0.3, 0.4) is 0 Å². The second-order valence-electron chi connectivity index (χ2n) is 5.94. The Labute approximate surface area is 104 Å². The van der Waals surface area contributed by atoms with E-state index in [1.54, 1.807) is 0 Å². The van der Waals surface area contributed by atoms with Gasteiger partial charge in [0, 0.05) is 6.54 Å². The molecule has 0 saturated carbocycles. The van der Waals surface area contributed by atoms with Crippen molar-refractivity contribution in [1.29, 1.82) is 0 Å². The summed E-state index contributed by atoms with van der Waals surface area (Å²) in [6, 6.07) is -0.436. The highest BCUT2D eigenvalue weighted by Gasteiger charge is 2.32. The third kappa shape index (κ3) is 4.39. The molecular formula is C12H23NO3S. The summed E-state index contributed by atoms with van der Waals surface area (Å²) in [6.07, 6.45) is 3.86. The van der Waals surface area contributed by atoms with Crippen LogP contribution in [0.2, 0.25) is 0 Å². The fourth-order valence-corrected chi connectivity index (χ4v) is 4.04. The van der Waals surface area contributed by atoms with E-state index in [-0.39, 0.29) is 11.2 Å². The molecule has 1 unspecified atom stereocenters. The minimum Gasteiger partial charge on any atom is -0.302 e. The van der Waals surface area contributed by atoms with Crippen molar-refractivity contribution in [2.45, 2.75) is 52.5 Å². The second-order valence-corrected chi connectivity index (χ2v) is 7.98. The predicted molar refractivity (Wildman–Crippen MR) is 68.3 cm³/mol. The lowest BCUT2D eigenvalue weighted by Crippen LogP contribution is -2.45. The Balaban J connectivity index is 2.71. The number of hydrogen-bond donors (Lipinski definition) is 0. The topological polar surface area (TPSA) is 54.5 Å². The average Bonchev–Trinajstić information content (AvgIpc) is 2.26. The standard InChI is InChI=1S/C12H23NO3S/c1-12(2,3)7-9-17(15,16)13-8-5-4-6-11(13)10-14/h10-11H,4-9H2,1-3H3. The molecule has 0 aromatic heterocycles. The first kappa shape index (κ1) is 14.6. The van der Waals surface area contributed by atoms with Gasteiger partial charge in [0.05, 0.1) is 11.8 Å². The largest absolute Gasteiger partial charge is 0.302 e. The van der Waals surface area contributed by atoms with Crippen molar-refractivity contribution in [3.05, 3.63) is 0 Å². The number of nitrogens with zero attached hydrogens (tertiary/aromatic N) is 1. The van der Waals surface area contributed by atoms with Crippen molar-refractivity contribution < 1.29 is 13.2 Å². The van der Waals surface area contributed by atoms with Crippen molar-refractivity contribution in [2.24, 2.45) is 5.41 Å². The predicted octanol–water partition coefficient (Wildman–Crippen LogP) is 1.81. The molecule has 1 aliphatic heterocycles. The molecule has 0 bridgehead atoms. The molecule has 100 valence electrons. The maximum atomic E-state index is 12.2. The Morgan fingerprint density at radius 1 is 1.29 bits per heavy atom. The summed E-state index contributed by atoms with van der Waals surface area (Å²) in [5, 5.41) is 0. The van der Waals surface area contributed by atoms with Crippen LogP contribution in [-0.4, -0.2) is 37.3 Å². The van der Waals surface area contributed by atoms with E-state index in [0.717, 1.165) is 19.1 Å². The summed E-state index contributed by atoms with van der Waals surface area (Å²) >= 11 is 0. The Kier molecular flexibility index (Phi) is 4.72. The highest BCUT2D eigenvalue weighted by atomic mass is 32.2. The maximum absolute atomic E-state index is 12.2. The number of carbonyl (C=O) groups is 1. The molecule has 5 heteroatoms. The van der Waals surface area contributed by atoms with E-state index in [1.807, 2.05) is 20.8 Å². The van der Waals surface area contributed by atoms with Gasteiger partial charge >= 0.3 is 0 Å². The van der Waals surface area contributed by atoms with Gasteiger partial charge in [0.2, 0.25) is 10.0 Å². The molecule has 0 N–H and O–H groups in total. The molecule has 17 heavy (non-hydrogen) atoms. The number of carbonyl (C=O) groups excluding carboxylic acids is 1. The van der Waals surface area contributed by atoms with Gasteiger partial charge in [-0.25, -0.2) is 8.42 Å². The van der Waals surface area contributed by atoms with Gasteiger partial charge in [-0.2, -0.15) is 4.31 Å². The highest BCUT2D eigenvalue weighted by Crippen LogP contribution is 2.24. The highest BCUT2D eigenvalue weighted by molar-refractivity contribution is 7.89. The average molecular weight is 261 g/mol. The van der Waals surface area contributed by atoms with E-state index in [0.29, 0.717) is 19.4 Å². The Morgan fingerprint density at radius 2 is 1.94 bits per heavy atom. The van der Waals surface area contributed by atoms with Gasteiger partial charge < -0.3 is 4.79 Å². The van der Waals surface area contributed by atoms with Crippen molar-refractivity contribution in [3.63, 3.8) is 0 Å². The second kappa shape index (κ2) is 5.48. The molecule has 0 aromatic rings. The summed E-state index contributed by atoms with van der Waals surface area (Å²) in [4.78, 5) is 10.9. The number of rotatable bonds is 4. The van der Waals surface area contributed by atoms with Gasteiger partial charge in [0.25, 0.3) is 0 Å². The number of aldehydes is 1. The Morgan fingerprint density at radius 3 is 2.47 bits per heavy atom. The smallest absolute Gasteiger partial charge is 0.214 e. The van der Waals surface area contributed by atoms with Crippen LogP contribution < -0.4 is 0 Å². The van der Waals surface area contributed by atoms with E-state index < -0.39 is 16.1 Å². The zero-order valence-electron chi connectivity index (χ0n) is 11.0. The molecule has 1 saturated heterocycles. The number of piperidine rings is 1. The summed E-state index contributed by atoms with van der Waals surface area (Å²) < 4.78 is 25.7. The first-order chi connectivity index (χ1) is 7.76. The van der Waals surface area contributed by atoms with E-state index in [1.165, 1.54) is 4.31 Å². The quantitative estimate of drug-likeness (QED) is 0.725. The van der Waals surface area contributed by atoms with Crippen LogP contribution in [0.25, 0.3) is 0 Å². The van der Waals surface area contributed by atoms with Gasteiger partial charge in [-0.3, -0.25) is 0 Å². The van der Waals surface area contributed by atoms with E-state index in [9.17, 15) is 13.2 Å². The van der Waals surface area contributed by atoms with Crippen molar-refractivity contribution in [2.75, 3.05) is 12.3 Å². The first-order valence-electron chi connectivity index (χ1n) is 6.21. The molecule has 1 fully saturated rings. The molecule has 0 aliphatic carbocycles. The van der Waals surface area contributed by atoms with Gasteiger partial charge in [0.1, 0.15) is 6.29 Å². The lowest BCUT2D eigenvalue weighted by molar-refractivity contribution is -0.111. The minimum atomic E-state index is -3.28. The molecular weight excluding hydrogens is 238 g/mol. The molecule has 0 amide bonds. The zero-order valence-corrected chi connectivity index (χ0v) is 11.8. The third-order valence-corrected chi connectivity index (χ3v) is 5.01. The monoisotopic (exact) mass is 261 g/mol. The number of sulfonamides is 1. The third-order valence-electron chi connectivity index (χ3n) is 3.12. The van der Waals surface area contributed by atoms with Crippen LogP contribution in [0, 0.1) is 5.41 Å². The lowest BCUT2D eigenvalue weighted by Gasteiger charge is -2.32. The first-order valence-corrected chi connectivity index (χ1v) is 7.82. The molecule has 1 rings (SSSR count). The van der Waals surface area contributed by atoms with Crippen LogP contribution in [0.15, 0.2) is 0 Å². The fraction of sp³-hybridized carbons (Fsp3) is 0.917. The number of hydrogen-bond acceptors (Lipinski definition) is 3. The summed E-state index contributed by atoms with van der Waals surface area (Å²) in [7, 11) is -3.28. The summed E-state index contributed by atoms with van der Waals surface area (Å²) in [5.41, 5.74) is -0.000464. The van der Waals surface area contributed by atoms with Gasteiger partial charge in [0.15, 0.2) is 0 Å². The molecule has 4 nitrogen and oxygen atoms in total. The van der Waals surface area contributed by atoms with Crippen molar-refractivity contribution >= 4 is 16.3 Å². The molecule has 0 radical (unpaired) electrons. The van der Waals surface area contributed by atoms with Gasteiger partial charge in [-0.05, 0) is 24.7 Å². The fourth-order valence-electron chi connectivity index (χ4n) is 1.96. The van der Waals surface area contributed by atoms with E-state index >= 15 is 0 Å². The Bertz CT molecular complexity index is 356. The van der Waals surface area contributed by atoms with E-state index in [4.69, 9.17) is 0 Å². The zero-order chi connectivity index (χ0) is 13.1. The van der Waals surface area contributed by atoms with Crippen LogP contribution in [0.4, 0.5) is 0 Å². The molecule has 0 spiro atoms. The molecule has 1 aliphatic rings. The molecule has 1 heterocycles. The normalized spacial score (nSPS) is 23.6. The van der Waals surface area contributed by atoms with Crippen LogP contribution in [0.5, 0.6) is 0 Å². The van der Waals surface area contributed by atoms with Crippen molar-refractivity contribution in [3.8, 4) is 0 Å². The molecule has 0 aromatic carbocycles. The van der Waals surface area contributed by atoms with Crippen LogP contribution >= 0.6 is 0 Å². The van der Waals surface area contributed by atoms with Crippen molar-refractivity contribution in [1.82, 2.24) is 4.31 Å². The van der Waals surface area contributed by atoms with Gasteiger partial charge in [-0.15, -0.1) is 0 Å². The molecule has 1 atom stereocenters. The van der Waals surface area contributed by atoms with Crippen LogP contribution in [-0.2, 0) is 14.8 Å².